The van der Waals surface area contributed by atoms with Crippen LogP contribution in [0.1, 0.15) is 94.1 Å². The molecule has 0 bridgehead atoms. The highest BCUT2D eigenvalue weighted by atomic mass is 16.6. The van der Waals surface area contributed by atoms with E-state index in [1.165, 1.54) is 14.2 Å². The summed E-state index contributed by atoms with van der Waals surface area (Å²) in [6.07, 6.45) is -0.0961. The summed E-state index contributed by atoms with van der Waals surface area (Å²) in [6, 6.07) is 6.18. The number of likely N-dealkylation sites (tertiary alicyclic amines) is 1. The summed E-state index contributed by atoms with van der Waals surface area (Å²) in [5, 5.41) is 8.94. The van der Waals surface area contributed by atoms with Gasteiger partial charge in [0, 0.05) is 34.2 Å². The van der Waals surface area contributed by atoms with E-state index in [-0.39, 0.29) is 54.9 Å². The van der Waals surface area contributed by atoms with E-state index in [1.54, 1.807) is 51.6 Å². The maximum absolute atomic E-state index is 14.4. The molecular weight excluding hydrogens is 727 g/mol. The lowest BCUT2D eigenvalue weighted by Gasteiger charge is -2.41. The number of benzene rings is 1. The molecule has 1 aromatic carbocycles. The molecule has 57 heavy (non-hydrogen) atoms. The molecule has 0 aromatic heterocycles. The lowest BCUT2D eigenvalue weighted by Crippen LogP contribution is -2.59. The number of methoxy groups -OCH3 is 2. The first kappa shape index (κ1) is 49.3. The van der Waals surface area contributed by atoms with Crippen LogP contribution in [-0.4, -0.2) is 122 Å². The van der Waals surface area contributed by atoms with Gasteiger partial charge in [0.25, 0.3) is 0 Å². The van der Waals surface area contributed by atoms with Crippen LogP contribution in [0, 0.1) is 23.7 Å². The summed E-state index contributed by atoms with van der Waals surface area (Å²) in [5.41, 5.74) is 0.922. The van der Waals surface area contributed by atoms with Crippen LogP contribution in [0.4, 0.5) is 0 Å². The van der Waals surface area contributed by atoms with Crippen molar-refractivity contribution < 1.29 is 38.2 Å². The van der Waals surface area contributed by atoms with Crippen LogP contribution in [0.5, 0.6) is 0 Å². The number of carbonyl (C=O) groups excluding carboxylic acids is 5. The van der Waals surface area contributed by atoms with E-state index in [2.05, 4.69) is 22.5 Å². The van der Waals surface area contributed by atoms with Crippen LogP contribution in [0.2, 0.25) is 0 Å². The van der Waals surface area contributed by atoms with Gasteiger partial charge in [-0.3, -0.25) is 19.2 Å². The van der Waals surface area contributed by atoms with E-state index in [4.69, 9.17) is 14.2 Å². The molecule has 13 heteroatoms. The zero-order valence-corrected chi connectivity index (χ0v) is 37.1. The maximum atomic E-state index is 14.4. The molecule has 2 rings (SSSR count). The Bertz CT molecular complexity index is 1490. The molecule has 3 N–H and O–H groups in total. The third-order valence-corrected chi connectivity index (χ3v) is 11.0. The minimum Gasteiger partial charge on any atom is -0.458 e. The number of ether oxygens (including phenoxy) is 3. The molecule has 322 valence electrons. The Morgan fingerprint density at radius 2 is 1.51 bits per heavy atom. The smallest absolute Gasteiger partial charge is 0.329 e. The molecule has 1 aliphatic rings. The Balaban J connectivity index is 2.35. The average Bonchev–Trinajstić information content (AvgIpc) is 3.53. The largest absolute Gasteiger partial charge is 0.458 e. The van der Waals surface area contributed by atoms with Crippen LogP contribution in [-0.2, 0) is 44.6 Å². The first-order chi connectivity index (χ1) is 26.6. The van der Waals surface area contributed by atoms with Crippen LogP contribution in [0.3, 0.4) is 0 Å². The molecule has 0 radical (unpaired) electrons. The van der Waals surface area contributed by atoms with Crippen molar-refractivity contribution in [2.45, 2.75) is 143 Å². The van der Waals surface area contributed by atoms with Gasteiger partial charge >= 0.3 is 5.97 Å². The highest BCUT2D eigenvalue weighted by molar-refractivity contribution is 5.90. The topological polar surface area (TPSA) is 156 Å². The molecule has 1 fully saturated rings. The second-order valence-electron chi connectivity index (χ2n) is 17.4. The summed E-state index contributed by atoms with van der Waals surface area (Å²) in [5.74, 6) is -2.71. The molecule has 4 unspecified atom stereocenters. The number of rotatable bonds is 21. The third-order valence-electron chi connectivity index (χ3n) is 11.0. The second kappa shape index (κ2) is 22.4. The number of amides is 4. The van der Waals surface area contributed by atoms with Gasteiger partial charge in [0.2, 0.25) is 23.6 Å². The van der Waals surface area contributed by atoms with Crippen LogP contribution in [0.15, 0.2) is 42.5 Å². The predicted molar refractivity (Wildman–Crippen MR) is 223 cm³/mol. The summed E-state index contributed by atoms with van der Waals surface area (Å²) < 4.78 is 17.7. The Morgan fingerprint density at radius 3 is 2.00 bits per heavy atom. The zero-order chi connectivity index (χ0) is 43.4. The number of hydrogen-bond acceptors (Lipinski definition) is 9. The van der Waals surface area contributed by atoms with Crippen molar-refractivity contribution >= 4 is 29.6 Å². The van der Waals surface area contributed by atoms with Gasteiger partial charge in [-0.25, -0.2) is 4.79 Å². The van der Waals surface area contributed by atoms with Gasteiger partial charge in [-0.1, -0.05) is 97.4 Å². The number of esters is 1. The van der Waals surface area contributed by atoms with Crippen molar-refractivity contribution in [2.75, 3.05) is 34.9 Å². The first-order valence-electron chi connectivity index (χ1n) is 20.4. The summed E-state index contributed by atoms with van der Waals surface area (Å²) >= 11 is 0. The van der Waals surface area contributed by atoms with Gasteiger partial charge in [-0.05, 0) is 57.6 Å². The molecule has 9 atom stereocenters. The zero-order valence-electron chi connectivity index (χ0n) is 37.1. The van der Waals surface area contributed by atoms with Crippen molar-refractivity contribution in [3.8, 4) is 0 Å². The second-order valence-corrected chi connectivity index (χ2v) is 17.4. The van der Waals surface area contributed by atoms with Crippen LogP contribution >= 0.6 is 0 Å². The number of hydrogen-bond donors (Lipinski definition) is 3. The highest BCUT2D eigenvalue weighted by Crippen LogP contribution is 2.31. The fourth-order valence-corrected chi connectivity index (χ4v) is 7.72. The number of carbonyl (C=O) groups is 5. The molecule has 13 nitrogen and oxygen atoms in total. The van der Waals surface area contributed by atoms with E-state index in [9.17, 15) is 24.0 Å². The summed E-state index contributed by atoms with van der Waals surface area (Å²) in [4.78, 5) is 72.4. The fourth-order valence-electron chi connectivity index (χ4n) is 7.72. The standard InChI is InChI=1S/C44H73N5O8/c1-16-29(7)38(48(13)42(53)37(27(4)5)47-41(52)36(45-12)26(2)3)34(55-14)24-35(50)49-25-28(6)22-33(49)39(56-15)30(8)40(51)46-32(43(54)57-44(9,10)11)23-31-20-18-17-19-21-31/h17-21,26-27,29-30,32-34,36-39,45H,6,16,22-25H2,1-5,7-15H3,(H,46,51)(H,47,52)/t29-,30+,32?,33?,34+,36?,37?,38-,39+/m0/s1. The van der Waals surface area contributed by atoms with Crippen LogP contribution in [0.25, 0.3) is 0 Å². The van der Waals surface area contributed by atoms with E-state index in [0.717, 1.165) is 11.1 Å². The van der Waals surface area contributed by atoms with Crippen LogP contribution < -0.4 is 16.0 Å². The molecule has 0 spiro atoms. The van der Waals surface area contributed by atoms with E-state index >= 15 is 0 Å². The molecule has 0 saturated carbocycles. The van der Waals surface area contributed by atoms with E-state index in [0.29, 0.717) is 12.8 Å². The predicted octanol–water partition coefficient (Wildman–Crippen LogP) is 4.53. The van der Waals surface area contributed by atoms with E-state index < -0.39 is 65.8 Å². The molecule has 1 aliphatic heterocycles. The van der Waals surface area contributed by atoms with Crippen molar-refractivity contribution in [1.82, 2.24) is 25.8 Å². The number of nitrogens with one attached hydrogen (secondary N) is 3. The number of nitrogens with zero attached hydrogens (tertiary/aromatic N) is 2. The quantitative estimate of drug-likeness (QED) is 0.120. The molecule has 1 aromatic rings. The van der Waals surface area contributed by atoms with Gasteiger partial charge in [0.15, 0.2) is 0 Å². The fraction of sp³-hybridized carbons (Fsp3) is 0.705. The maximum Gasteiger partial charge on any atom is 0.329 e. The average molecular weight is 800 g/mol. The van der Waals surface area contributed by atoms with Gasteiger partial charge in [0.05, 0.1) is 42.7 Å². The molecule has 1 heterocycles. The lowest BCUT2D eigenvalue weighted by atomic mass is 9.89. The van der Waals surface area contributed by atoms with Gasteiger partial charge in [0.1, 0.15) is 17.7 Å². The number of likely N-dealkylation sites (N-methyl/N-ethyl adjacent to an activating group) is 2. The lowest BCUT2D eigenvalue weighted by molar-refractivity contribution is -0.159. The van der Waals surface area contributed by atoms with Gasteiger partial charge in [-0.15, -0.1) is 0 Å². The first-order valence-corrected chi connectivity index (χ1v) is 20.4. The van der Waals surface area contributed by atoms with Gasteiger partial charge in [-0.2, -0.15) is 0 Å². The normalized spacial score (nSPS) is 18.9. The Morgan fingerprint density at radius 1 is 0.912 bits per heavy atom. The SMILES string of the molecule is C=C1CC([C@H](OC)[C@@H](C)C(=O)NC(Cc2ccccc2)C(=O)OC(C)(C)C)N(C(=O)C[C@@H](OC)[C@H]([C@@H](C)CC)N(C)C(=O)C(NC(=O)C(NC)C(C)C)C(C)C)C1. The molecule has 0 aliphatic carbocycles. The minimum absolute atomic E-state index is 0.0155. The Labute approximate surface area is 342 Å². The van der Waals surface area contributed by atoms with Crippen molar-refractivity contribution in [3.05, 3.63) is 48.0 Å². The summed E-state index contributed by atoms with van der Waals surface area (Å²) in [6.45, 7) is 23.2. The Hall–Kier alpha value is -3.81. The minimum atomic E-state index is -0.946. The molecular formula is C44H73N5O8. The monoisotopic (exact) mass is 800 g/mol. The summed E-state index contributed by atoms with van der Waals surface area (Å²) in [7, 11) is 6.48. The van der Waals surface area contributed by atoms with Crippen molar-refractivity contribution in [1.29, 1.82) is 0 Å². The van der Waals surface area contributed by atoms with Gasteiger partial charge < -0.3 is 40.0 Å². The third kappa shape index (κ3) is 13.9. The van der Waals surface area contributed by atoms with Crippen molar-refractivity contribution in [3.63, 3.8) is 0 Å². The molecule has 4 amide bonds. The highest BCUT2D eigenvalue weighted by Gasteiger charge is 2.44. The van der Waals surface area contributed by atoms with Crippen molar-refractivity contribution in [2.24, 2.45) is 23.7 Å². The molecule has 1 saturated heterocycles. The van der Waals surface area contributed by atoms with E-state index in [1.807, 2.05) is 71.9 Å². The Kier molecular flexibility index (Phi) is 19.4.